The Morgan fingerprint density at radius 1 is 0.946 bits per heavy atom. The first kappa shape index (κ1) is 23.3. The van der Waals surface area contributed by atoms with Crippen molar-refractivity contribution >= 4 is 22.4 Å². The van der Waals surface area contributed by atoms with E-state index in [1.54, 1.807) is 11.1 Å². The van der Waals surface area contributed by atoms with Crippen molar-refractivity contribution in [2.45, 2.75) is 64.9 Å². The molecule has 0 saturated heterocycles. The van der Waals surface area contributed by atoms with Gasteiger partial charge in [-0.15, -0.1) is 0 Å². The molecule has 4 heteroatoms. The van der Waals surface area contributed by atoms with E-state index in [0.29, 0.717) is 11.8 Å². The van der Waals surface area contributed by atoms with Crippen LogP contribution in [0.2, 0.25) is 0 Å². The van der Waals surface area contributed by atoms with Gasteiger partial charge in [0.1, 0.15) is 6.33 Å². The molecule has 3 aromatic rings. The SMILES string of the molecule is C[C@]12CC[C@H](O)CC1=CC[C@@H]1[C@@H]2CC[C@]2(C)C(n3cnc4ccccc43)=C(CNc3ccccc3)C[C@@H]12. The largest absolute Gasteiger partial charge is 0.393 e. The number of aromatic nitrogens is 2. The number of anilines is 1. The Labute approximate surface area is 220 Å². The van der Waals surface area contributed by atoms with E-state index in [1.807, 2.05) is 0 Å². The molecule has 1 aromatic heterocycles. The van der Waals surface area contributed by atoms with E-state index < -0.39 is 0 Å². The predicted molar refractivity (Wildman–Crippen MR) is 151 cm³/mol. The molecular weight excluding hydrogens is 454 g/mol. The van der Waals surface area contributed by atoms with Crippen LogP contribution < -0.4 is 5.32 Å². The van der Waals surface area contributed by atoms with Crippen LogP contribution in [0, 0.1) is 28.6 Å². The summed E-state index contributed by atoms with van der Waals surface area (Å²) < 4.78 is 2.43. The van der Waals surface area contributed by atoms with E-state index in [9.17, 15) is 5.11 Å². The lowest BCUT2D eigenvalue weighted by molar-refractivity contribution is -0.0251. The third-order valence-corrected chi connectivity index (χ3v) is 10.8. The van der Waals surface area contributed by atoms with E-state index in [-0.39, 0.29) is 16.9 Å². The molecular formula is C33H39N3O. The highest BCUT2D eigenvalue weighted by Crippen LogP contribution is 2.67. The van der Waals surface area contributed by atoms with Crippen molar-refractivity contribution in [3.8, 4) is 0 Å². The van der Waals surface area contributed by atoms with E-state index in [4.69, 9.17) is 4.98 Å². The smallest absolute Gasteiger partial charge is 0.100 e. The molecule has 2 N–H and O–H groups in total. The van der Waals surface area contributed by atoms with Crippen LogP contribution in [0.5, 0.6) is 0 Å². The van der Waals surface area contributed by atoms with Crippen molar-refractivity contribution in [1.82, 2.24) is 9.55 Å². The number of allylic oxidation sites excluding steroid dienone is 2. The second-order valence-corrected chi connectivity index (χ2v) is 12.6. The standard InChI is InChI=1S/C33H39N3O/c1-32-16-14-25(37)19-23(32)12-13-26-27(32)15-17-33(2)28(26)18-22(20-34-24-8-4-3-5-9-24)31(33)36-21-35-29-10-6-7-11-30(29)36/h3-12,21,25-28,34,37H,13-20H2,1-2H3/t25-,26+,27-,28-,32-,33-/m0/s1. The van der Waals surface area contributed by atoms with Crippen molar-refractivity contribution in [2.75, 3.05) is 11.9 Å². The Bertz CT molecular complexity index is 1390. The summed E-state index contributed by atoms with van der Waals surface area (Å²) in [6, 6.07) is 19.2. The van der Waals surface area contributed by atoms with Gasteiger partial charge >= 0.3 is 0 Å². The molecule has 0 spiro atoms. The summed E-state index contributed by atoms with van der Waals surface area (Å²) in [4.78, 5) is 4.81. The predicted octanol–water partition coefficient (Wildman–Crippen LogP) is 7.29. The van der Waals surface area contributed by atoms with Gasteiger partial charge < -0.3 is 15.0 Å². The Balaban J connectivity index is 1.29. The number of imidazole rings is 1. The van der Waals surface area contributed by atoms with Crippen LogP contribution in [0.3, 0.4) is 0 Å². The van der Waals surface area contributed by atoms with Gasteiger partial charge in [-0.1, -0.05) is 55.8 Å². The number of fused-ring (bicyclic) bond motifs is 6. The third kappa shape index (κ3) is 3.55. The normalized spacial score (nSPS) is 35.1. The maximum atomic E-state index is 10.4. The molecule has 192 valence electrons. The van der Waals surface area contributed by atoms with Crippen LogP contribution in [0.4, 0.5) is 5.69 Å². The molecule has 0 radical (unpaired) electrons. The van der Waals surface area contributed by atoms with Gasteiger partial charge in [-0.2, -0.15) is 0 Å². The lowest BCUT2D eigenvalue weighted by Gasteiger charge is -2.57. The summed E-state index contributed by atoms with van der Waals surface area (Å²) in [6.07, 6.45) is 12.3. The summed E-state index contributed by atoms with van der Waals surface area (Å²) in [5.74, 6) is 2.05. The first-order chi connectivity index (χ1) is 18.0. The monoisotopic (exact) mass is 493 g/mol. The van der Waals surface area contributed by atoms with Crippen molar-refractivity contribution in [3.63, 3.8) is 0 Å². The summed E-state index contributed by atoms with van der Waals surface area (Å²) >= 11 is 0. The zero-order valence-electron chi connectivity index (χ0n) is 22.2. The number of nitrogens with zero attached hydrogens (tertiary/aromatic N) is 2. The Kier molecular flexibility index (Phi) is 5.41. The van der Waals surface area contributed by atoms with Gasteiger partial charge in [0.05, 0.1) is 17.1 Å². The first-order valence-electron chi connectivity index (χ1n) is 14.3. The number of aliphatic hydroxyl groups excluding tert-OH is 1. The Morgan fingerprint density at radius 2 is 1.73 bits per heavy atom. The number of para-hydroxylation sites is 3. The van der Waals surface area contributed by atoms with Crippen molar-refractivity contribution in [2.24, 2.45) is 28.6 Å². The van der Waals surface area contributed by atoms with Gasteiger partial charge in [0.15, 0.2) is 0 Å². The summed E-state index contributed by atoms with van der Waals surface area (Å²) in [7, 11) is 0. The zero-order valence-corrected chi connectivity index (χ0v) is 22.2. The van der Waals surface area contributed by atoms with E-state index >= 15 is 0 Å². The fourth-order valence-electron chi connectivity index (χ4n) is 8.90. The molecule has 0 amide bonds. The van der Waals surface area contributed by atoms with Crippen molar-refractivity contribution < 1.29 is 5.11 Å². The Morgan fingerprint density at radius 3 is 2.59 bits per heavy atom. The van der Waals surface area contributed by atoms with Gasteiger partial charge in [-0.3, -0.25) is 0 Å². The molecule has 37 heavy (non-hydrogen) atoms. The number of nitrogens with one attached hydrogen (secondary N) is 1. The van der Waals surface area contributed by atoms with Gasteiger partial charge in [0, 0.05) is 23.3 Å². The van der Waals surface area contributed by atoms with E-state index in [0.717, 1.165) is 43.7 Å². The van der Waals surface area contributed by atoms with Gasteiger partial charge in [-0.25, -0.2) is 4.98 Å². The van der Waals surface area contributed by atoms with Gasteiger partial charge in [0.2, 0.25) is 0 Å². The highest BCUT2D eigenvalue weighted by atomic mass is 16.3. The number of hydrogen-bond acceptors (Lipinski definition) is 3. The fraction of sp³-hybridized carbons (Fsp3) is 0.485. The lowest BCUT2D eigenvalue weighted by atomic mass is 9.48. The number of rotatable bonds is 4. The lowest BCUT2D eigenvalue weighted by Crippen LogP contribution is -2.50. The topological polar surface area (TPSA) is 50.1 Å². The second-order valence-electron chi connectivity index (χ2n) is 12.6. The molecule has 7 rings (SSSR count). The van der Waals surface area contributed by atoms with Crippen LogP contribution >= 0.6 is 0 Å². The van der Waals surface area contributed by atoms with Gasteiger partial charge in [0.25, 0.3) is 0 Å². The molecule has 6 atom stereocenters. The molecule has 2 fully saturated rings. The molecule has 4 aliphatic rings. The third-order valence-electron chi connectivity index (χ3n) is 10.8. The average Bonchev–Trinajstić information content (AvgIpc) is 3.46. The number of hydrogen-bond donors (Lipinski definition) is 2. The highest BCUT2D eigenvalue weighted by molar-refractivity contribution is 5.81. The maximum Gasteiger partial charge on any atom is 0.100 e. The zero-order chi connectivity index (χ0) is 25.2. The van der Waals surface area contributed by atoms with Crippen molar-refractivity contribution in [3.05, 3.63) is 78.1 Å². The fourth-order valence-corrected chi connectivity index (χ4v) is 8.90. The van der Waals surface area contributed by atoms with Crippen molar-refractivity contribution in [1.29, 1.82) is 0 Å². The van der Waals surface area contributed by atoms with E-state index in [2.05, 4.69) is 90.7 Å². The molecule has 1 heterocycles. The van der Waals surface area contributed by atoms with Crippen LogP contribution in [0.1, 0.15) is 58.8 Å². The first-order valence-corrected chi connectivity index (χ1v) is 14.3. The quantitative estimate of drug-likeness (QED) is 0.375. The molecule has 4 nitrogen and oxygen atoms in total. The molecule has 4 aliphatic carbocycles. The van der Waals surface area contributed by atoms with Crippen LogP contribution in [-0.4, -0.2) is 27.3 Å². The van der Waals surface area contributed by atoms with Crippen LogP contribution in [0.25, 0.3) is 16.7 Å². The second kappa shape index (κ2) is 8.59. The van der Waals surface area contributed by atoms with Crippen LogP contribution in [0.15, 0.2) is 78.1 Å². The maximum absolute atomic E-state index is 10.4. The minimum atomic E-state index is -0.144. The van der Waals surface area contributed by atoms with Gasteiger partial charge in [-0.05, 0) is 98.0 Å². The summed E-state index contributed by atoms with van der Waals surface area (Å²) in [5.41, 5.74) is 8.45. The summed E-state index contributed by atoms with van der Waals surface area (Å²) in [5, 5.41) is 14.2. The highest BCUT2D eigenvalue weighted by Gasteiger charge is 2.58. The van der Waals surface area contributed by atoms with E-state index in [1.165, 1.54) is 36.2 Å². The number of aliphatic hydroxyl groups is 1. The molecule has 0 aliphatic heterocycles. The minimum absolute atomic E-state index is 0.133. The molecule has 0 bridgehead atoms. The Hall–Kier alpha value is -2.85. The molecule has 0 unspecified atom stereocenters. The van der Waals surface area contributed by atoms with Crippen LogP contribution in [-0.2, 0) is 0 Å². The summed E-state index contributed by atoms with van der Waals surface area (Å²) in [6.45, 7) is 5.95. The molecule has 2 saturated carbocycles. The minimum Gasteiger partial charge on any atom is -0.393 e. The number of benzene rings is 2. The average molecular weight is 494 g/mol. The molecule has 2 aromatic carbocycles.